The molecule has 0 radical (unpaired) electrons. The first kappa shape index (κ1) is 20.0. The van der Waals surface area contributed by atoms with Gasteiger partial charge in [0.05, 0.1) is 6.10 Å². The van der Waals surface area contributed by atoms with Gasteiger partial charge in [0.15, 0.2) is 0 Å². The minimum absolute atomic E-state index is 0.105. The molecule has 5 nitrogen and oxygen atoms in total. The largest absolute Gasteiger partial charge is 0.491 e. The minimum Gasteiger partial charge on any atom is -0.491 e. The zero-order valence-corrected chi connectivity index (χ0v) is 17.0. The lowest BCUT2D eigenvalue weighted by Gasteiger charge is -2.42. The summed E-state index contributed by atoms with van der Waals surface area (Å²) in [6, 6.07) is 0. The van der Waals surface area contributed by atoms with Gasteiger partial charge in [0.2, 0.25) is 0 Å². The molecule has 5 heteroatoms. The van der Waals surface area contributed by atoms with Gasteiger partial charge in [-0.3, -0.25) is 9.59 Å². The molecule has 0 bridgehead atoms. The zero-order valence-electron chi connectivity index (χ0n) is 17.0. The van der Waals surface area contributed by atoms with E-state index in [-0.39, 0.29) is 35.7 Å². The fourth-order valence-corrected chi connectivity index (χ4v) is 4.82. The molecule has 0 saturated heterocycles. The average molecular weight is 376 g/mol. The summed E-state index contributed by atoms with van der Waals surface area (Å²) in [5.41, 5.74) is 2.95. The Labute approximate surface area is 162 Å². The number of esters is 2. The molecule has 0 amide bonds. The molecule has 0 aromatic rings. The predicted octanol–water partition coefficient (Wildman–Crippen LogP) is 4.60. The highest BCUT2D eigenvalue weighted by Crippen LogP contribution is 2.53. The molecule has 3 rings (SSSR count). The highest BCUT2D eigenvalue weighted by molar-refractivity contribution is 5.66. The Hall–Kier alpha value is -1.78. The average Bonchev–Trinajstić information content (AvgIpc) is 2.96. The molecular weight excluding hydrogens is 344 g/mol. The van der Waals surface area contributed by atoms with Crippen LogP contribution in [0.4, 0.5) is 0 Å². The van der Waals surface area contributed by atoms with Crippen molar-refractivity contribution in [2.45, 2.75) is 97.4 Å². The van der Waals surface area contributed by atoms with Gasteiger partial charge in [-0.05, 0) is 62.0 Å². The van der Waals surface area contributed by atoms with E-state index in [1.165, 1.54) is 31.4 Å². The smallest absolute Gasteiger partial charge is 0.303 e. The summed E-state index contributed by atoms with van der Waals surface area (Å²) in [7, 11) is 0. The third-order valence-electron chi connectivity index (χ3n) is 6.16. The van der Waals surface area contributed by atoms with Crippen LogP contribution in [0.2, 0.25) is 0 Å². The van der Waals surface area contributed by atoms with Crippen molar-refractivity contribution in [2.75, 3.05) is 0 Å². The van der Waals surface area contributed by atoms with Crippen LogP contribution in [0.15, 0.2) is 23.0 Å². The van der Waals surface area contributed by atoms with Gasteiger partial charge in [0.25, 0.3) is 0 Å². The third-order valence-corrected chi connectivity index (χ3v) is 6.16. The predicted molar refractivity (Wildman–Crippen MR) is 102 cm³/mol. The third kappa shape index (κ3) is 4.56. The van der Waals surface area contributed by atoms with E-state index in [1.54, 1.807) is 0 Å². The van der Waals surface area contributed by atoms with E-state index in [0.29, 0.717) is 0 Å². The molecule has 4 atom stereocenters. The van der Waals surface area contributed by atoms with E-state index < -0.39 is 0 Å². The van der Waals surface area contributed by atoms with Crippen LogP contribution in [0, 0.1) is 5.41 Å². The van der Waals surface area contributed by atoms with E-state index in [9.17, 15) is 9.59 Å². The number of carbonyl (C=O) groups is 2. The molecular formula is C22H32O5. The number of rotatable bonds is 6. The van der Waals surface area contributed by atoms with Gasteiger partial charge in [0.1, 0.15) is 18.0 Å². The fraction of sp³-hybridized carbons (Fsp3) is 0.727. The maximum atomic E-state index is 11.6. The molecule has 0 saturated carbocycles. The fourth-order valence-electron chi connectivity index (χ4n) is 4.82. The highest BCUT2D eigenvalue weighted by Gasteiger charge is 2.44. The topological polar surface area (TPSA) is 61.8 Å². The summed E-state index contributed by atoms with van der Waals surface area (Å²) in [5.74, 6) is 0.589. The van der Waals surface area contributed by atoms with E-state index >= 15 is 0 Å². The number of hydrogen-bond donors (Lipinski definition) is 0. The summed E-state index contributed by atoms with van der Waals surface area (Å²) >= 11 is 0. The Kier molecular flexibility index (Phi) is 5.97. The van der Waals surface area contributed by atoms with Crippen molar-refractivity contribution in [1.29, 1.82) is 0 Å². The standard InChI is InChI=1S/C22H32O5/c1-14(25-15(2)23)7-5-9-20-21(26-16(3)24)13-17-18-8-6-11-22(18,4)12-10-19(17)27-20/h8,14,20-21H,5-7,9-13H2,1-4H3/t14?,20?,21?,22-/m0/s1. The summed E-state index contributed by atoms with van der Waals surface area (Å²) < 4.78 is 17.2. The van der Waals surface area contributed by atoms with Crippen molar-refractivity contribution in [3.8, 4) is 0 Å². The SMILES string of the molecule is CC(=O)OC(C)CCCC1OC2=C(CC1OC(C)=O)C1=CCC[C@@]1(C)CC2. The maximum absolute atomic E-state index is 11.6. The highest BCUT2D eigenvalue weighted by atomic mass is 16.6. The summed E-state index contributed by atoms with van der Waals surface area (Å²) in [6.07, 6.45) is 9.49. The van der Waals surface area contributed by atoms with Crippen LogP contribution in [0.5, 0.6) is 0 Å². The van der Waals surface area contributed by atoms with Crippen molar-refractivity contribution < 1.29 is 23.8 Å². The Bertz CT molecular complexity index is 662. The van der Waals surface area contributed by atoms with Gasteiger partial charge >= 0.3 is 11.9 Å². The maximum Gasteiger partial charge on any atom is 0.303 e. The van der Waals surface area contributed by atoms with Crippen molar-refractivity contribution in [1.82, 2.24) is 0 Å². The van der Waals surface area contributed by atoms with Crippen LogP contribution in [-0.2, 0) is 23.8 Å². The normalized spacial score (nSPS) is 30.6. The van der Waals surface area contributed by atoms with Gasteiger partial charge in [-0.1, -0.05) is 13.0 Å². The van der Waals surface area contributed by atoms with Crippen molar-refractivity contribution in [2.24, 2.45) is 5.41 Å². The first-order valence-corrected chi connectivity index (χ1v) is 10.2. The van der Waals surface area contributed by atoms with Crippen molar-refractivity contribution in [3.05, 3.63) is 23.0 Å². The molecule has 0 aromatic heterocycles. The summed E-state index contributed by atoms with van der Waals surface area (Å²) in [4.78, 5) is 22.7. The zero-order chi connectivity index (χ0) is 19.6. The molecule has 1 heterocycles. The number of hydrogen-bond acceptors (Lipinski definition) is 5. The second-order valence-corrected chi connectivity index (χ2v) is 8.48. The number of ether oxygens (including phenoxy) is 3. The van der Waals surface area contributed by atoms with Crippen LogP contribution >= 0.6 is 0 Å². The van der Waals surface area contributed by atoms with Gasteiger partial charge in [-0.25, -0.2) is 0 Å². The molecule has 2 aliphatic carbocycles. The lowest BCUT2D eigenvalue weighted by Crippen LogP contribution is -2.40. The van der Waals surface area contributed by atoms with Gasteiger partial charge in [0, 0.05) is 26.7 Å². The monoisotopic (exact) mass is 376 g/mol. The Balaban J connectivity index is 1.68. The van der Waals surface area contributed by atoms with E-state index in [2.05, 4.69) is 13.0 Å². The second-order valence-electron chi connectivity index (χ2n) is 8.48. The Morgan fingerprint density at radius 2 is 2.07 bits per heavy atom. The molecule has 150 valence electrons. The van der Waals surface area contributed by atoms with Gasteiger partial charge in [-0.2, -0.15) is 0 Å². The van der Waals surface area contributed by atoms with Gasteiger partial charge in [-0.15, -0.1) is 0 Å². The first-order valence-electron chi connectivity index (χ1n) is 10.2. The van der Waals surface area contributed by atoms with Crippen molar-refractivity contribution >= 4 is 11.9 Å². The molecule has 3 aliphatic rings. The molecule has 3 unspecified atom stereocenters. The lowest BCUT2D eigenvalue weighted by molar-refractivity contribution is -0.155. The minimum atomic E-state index is -0.259. The summed E-state index contributed by atoms with van der Waals surface area (Å²) in [6.45, 7) is 7.14. The lowest BCUT2D eigenvalue weighted by atomic mass is 9.70. The molecule has 0 spiro atoms. The molecule has 0 aromatic carbocycles. The second kappa shape index (κ2) is 8.07. The Morgan fingerprint density at radius 1 is 1.30 bits per heavy atom. The summed E-state index contributed by atoms with van der Waals surface area (Å²) in [5, 5.41) is 0. The van der Waals surface area contributed by atoms with E-state index in [4.69, 9.17) is 14.2 Å². The molecule has 0 N–H and O–H groups in total. The molecule has 1 aliphatic heterocycles. The Morgan fingerprint density at radius 3 is 2.78 bits per heavy atom. The number of carbonyl (C=O) groups excluding carboxylic acids is 2. The van der Waals surface area contributed by atoms with Crippen LogP contribution in [0.1, 0.15) is 79.1 Å². The molecule has 27 heavy (non-hydrogen) atoms. The van der Waals surface area contributed by atoms with Crippen molar-refractivity contribution in [3.63, 3.8) is 0 Å². The van der Waals surface area contributed by atoms with E-state index in [1.807, 2.05) is 6.92 Å². The first-order chi connectivity index (χ1) is 12.8. The van der Waals surface area contributed by atoms with Crippen LogP contribution in [0.3, 0.4) is 0 Å². The molecule has 0 fully saturated rings. The number of allylic oxidation sites excluding steroid dienone is 3. The van der Waals surface area contributed by atoms with Crippen LogP contribution in [-0.4, -0.2) is 30.3 Å². The number of fused-ring (bicyclic) bond motifs is 2. The quantitative estimate of drug-likeness (QED) is 0.634. The van der Waals surface area contributed by atoms with E-state index in [0.717, 1.165) is 50.7 Å². The van der Waals surface area contributed by atoms with Crippen LogP contribution in [0.25, 0.3) is 0 Å². The van der Waals surface area contributed by atoms with Gasteiger partial charge < -0.3 is 14.2 Å². The van der Waals surface area contributed by atoms with Crippen LogP contribution < -0.4 is 0 Å².